The van der Waals surface area contributed by atoms with Crippen LogP contribution in [0.25, 0.3) is 0 Å². The largest absolute Gasteiger partial charge is 0.243 e. The van der Waals surface area contributed by atoms with Gasteiger partial charge in [0.2, 0.25) is 10.0 Å². The summed E-state index contributed by atoms with van der Waals surface area (Å²) in [7, 11) is -3.72. The Kier molecular flexibility index (Phi) is 5.52. The molecule has 0 N–H and O–H groups in total. The smallest absolute Gasteiger partial charge is 0.207 e. The van der Waals surface area contributed by atoms with Crippen LogP contribution in [0.2, 0.25) is 5.02 Å². The molecule has 0 aliphatic rings. The lowest BCUT2D eigenvalue weighted by Gasteiger charge is -2.21. The van der Waals surface area contributed by atoms with E-state index in [1.165, 1.54) is 22.5 Å². The number of sulfonamides is 1. The van der Waals surface area contributed by atoms with Crippen LogP contribution in [0.3, 0.4) is 0 Å². The van der Waals surface area contributed by atoms with E-state index in [4.69, 9.17) is 22.1 Å². The fraction of sp³-hybridized carbons (Fsp3) is 0.385. The van der Waals surface area contributed by atoms with Crippen molar-refractivity contribution in [1.29, 1.82) is 10.5 Å². The number of nitriles is 2. The predicted octanol–water partition coefficient (Wildman–Crippen LogP) is 2.38. The molecule has 1 rings (SSSR count). The van der Waals surface area contributed by atoms with Crippen LogP contribution in [0.4, 0.5) is 0 Å². The molecule has 0 fully saturated rings. The van der Waals surface area contributed by atoms with Gasteiger partial charge in [0.15, 0.2) is 0 Å². The van der Waals surface area contributed by atoms with Crippen molar-refractivity contribution in [1.82, 2.24) is 4.31 Å². The summed E-state index contributed by atoms with van der Waals surface area (Å²) < 4.78 is 26.1. The first-order valence-corrected chi connectivity index (χ1v) is 7.78. The first-order chi connectivity index (χ1) is 9.36. The summed E-state index contributed by atoms with van der Waals surface area (Å²) in [6.45, 7) is 3.73. The summed E-state index contributed by atoms with van der Waals surface area (Å²) in [5.74, 6) is -0.404. The van der Waals surface area contributed by atoms with Crippen LogP contribution >= 0.6 is 11.6 Å². The second kappa shape index (κ2) is 6.71. The lowest BCUT2D eigenvalue weighted by Crippen LogP contribution is -2.34. The highest BCUT2D eigenvalue weighted by Gasteiger charge is 2.25. The SMILES string of the molecule is CCN(CC(C)C#N)S(=O)(=O)c1ccc(C#N)c(Cl)c1. The van der Waals surface area contributed by atoms with Crippen molar-refractivity contribution in [3.63, 3.8) is 0 Å². The maximum atomic E-state index is 12.4. The van der Waals surface area contributed by atoms with E-state index in [1.54, 1.807) is 13.8 Å². The molecule has 106 valence electrons. The molecule has 0 saturated heterocycles. The van der Waals surface area contributed by atoms with Crippen molar-refractivity contribution >= 4 is 21.6 Å². The molecule has 20 heavy (non-hydrogen) atoms. The minimum Gasteiger partial charge on any atom is -0.207 e. The number of hydrogen-bond donors (Lipinski definition) is 0. The van der Waals surface area contributed by atoms with Gasteiger partial charge in [-0.2, -0.15) is 14.8 Å². The summed E-state index contributed by atoms with van der Waals surface area (Å²) in [5.41, 5.74) is 0.221. The Morgan fingerprint density at radius 1 is 1.40 bits per heavy atom. The van der Waals surface area contributed by atoms with Crippen LogP contribution in [-0.4, -0.2) is 25.8 Å². The van der Waals surface area contributed by atoms with E-state index < -0.39 is 15.9 Å². The second-order valence-corrected chi connectivity index (χ2v) is 6.58. The van der Waals surface area contributed by atoms with Gasteiger partial charge in [-0.15, -0.1) is 0 Å². The zero-order chi connectivity index (χ0) is 15.3. The van der Waals surface area contributed by atoms with Crippen LogP contribution in [0.15, 0.2) is 23.1 Å². The van der Waals surface area contributed by atoms with Crippen molar-refractivity contribution < 1.29 is 8.42 Å². The minimum atomic E-state index is -3.72. The zero-order valence-corrected chi connectivity index (χ0v) is 12.7. The zero-order valence-electron chi connectivity index (χ0n) is 11.2. The summed E-state index contributed by atoms with van der Waals surface area (Å²) in [4.78, 5) is 0.0217. The van der Waals surface area contributed by atoms with Crippen molar-refractivity contribution in [3.05, 3.63) is 28.8 Å². The number of rotatable bonds is 5. The van der Waals surface area contributed by atoms with Crippen molar-refractivity contribution in [2.75, 3.05) is 13.1 Å². The molecule has 0 aliphatic carbocycles. The highest BCUT2D eigenvalue weighted by Crippen LogP contribution is 2.23. The number of nitrogens with zero attached hydrogens (tertiary/aromatic N) is 3. The van der Waals surface area contributed by atoms with Gasteiger partial charge in [-0.3, -0.25) is 0 Å². The van der Waals surface area contributed by atoms with E-state index in [0.29, 0.717) is 0 Å². The van der Waals surface area contributed by atoms with E-state index in [1.807, 2.05) is 12.1 Å². The standard InChI is InChI=1S/C13H14ClN3O2S/c1-3-17(9-10(2)7-15)20(18,19)12-5-4-11(8-16)13(14)6-12/h4-6,10H,3,9H2,1-2H3. The highest BCUT2D eigenvalue weighted by atomic mass is 35.5. The second-order valence-electron chi connectivity index (χ2n) is 4.24. The first-order valence-electron chi connectivity index (χ1n) is 5.96. The Bertz CT molecular complexity index is 674. The predicted molar refractivity (Wildman–Crippen MR) is 75.4 cm³/mol. The Balaban J connectivity index is 3.19. The summed E-state index contributed by atoms with van der Waals surface area (Å²) in [6, 6.07) is 7.86. The molecule has 1 aromatic carbocycles. The summed E-state index contributed by atoms with van der Waals surface area (Å²) in [6.07, 6.45) is 0. The van der Waals surface area contributed by atoms with Crippen LogP contribution in [0, 0.1) is 28.6 Å². The molecule has 0 amide bonds. The molecule has 7 heteroatoms. The molecule has 0 spiro atoms. The highest BCUT2D eigenvalue weighted by molar-refractivity contribution is 7.89. The first kappa shape index (κ1) is 16.5. The molecule has 0 radical (unpaired) electrons. The van der Waals surface area contributed by atoms with Gasteiger partial charge in [0, 0.05) is 13.1 Å². The monoisotopic (exact) mass is 311 g/mol. The molecule has 0 bridgehead atoms. The van der Waals surface area contributed by atoms with Gasteiger partial charge in [-0.1, -0.05) is 18.5 Å². The normalized spacial score (nSPS) is 12.7. The van der Waals surface area contributed by atoms with Gasteiger partial charge >= 0.3 is 0 Å². The van der Waals surface area contributed by atoms with Gasteiger partial charge in [0.1, 0.15) is 6.07 Å². The molecule has 0 saturated carbocycles. The van der Waals surface area contributed by atoms with Crippen molar-refractivity contribution in [3.8, 4) is 12.1 Å². The van der Waals surface area contributed by atoms with Crippen LogP contribution in [0.5, 0.6) is 0 Å². The molecule has 0 aliphatic heterocycles. The maximum Gasteiger partial charge on any atom is 0.243 e. The van der Waals surface area contributed by atoms with Gasteiger partial charge in [-0.05, 0) is 25.1 Å². The molecule has 0 heterocycles. The van der Waals surface area contributed by atoms with Crippen LogP contribution in [0.1, 0.15) is 19.4 Å². The molecular formula is C13H14ClN3O2S. The molecular weight excluding hydrogens is 298 g/mol. The Labute approximate surface area is 124 Å². The third-order valence-electron chi connectivity index (χ3n) is 2.75. The van der Waals surface area contributed by atoms with Gasteiger partial charge in [0.05, 0.1) is 27.5 Å². The number of hydrogen-bond acceptors (Lipinski definition) is 4. The van der Waals surface area contributed by atoms with Crippen LogP contribution < -0.4 is 0 Å². The van der Waals surface area contributed by atoms with E-state index >= 15 is 0 Å². The third-order valence-corrected chi connectivity index (χ3v) is 5.00. The topological polar surface area (TPSA) is 85.0 Å². The van der Waals surface area contributed by atoms with Crippen molar-refractivity contribution in [2.24, 2.45) is 5.92 Å². The molecule has 1 atom stereocenters. The fourth-order valence-corrected chi connectivity index (χ4v) is 3.49. The summed E-state index contributed by atoms with van der Waals surface area (Å²) >= 11 is 5.86. The van der Waals surface area contributed by atoms with Gasteiger partial charge in [0.25, 0.3) is 0 Å². The average molecular weight is 312 g/mol. The quantitative estimate of drug-likeness (QED) is 0.835. The summed E-state index contributed by atoms with van der Waals surface area (Å²) in [5, 5.41) is 17.7. The van der Waals surface area contributed by atoms with Gasteiger partial charge < -0.3 is 0 Å². The van der Waals surface area contributed by atoms with E-state index in [9.17, 15) is 8.42 Å². The Morgan fingerprint density at radius 3 is 2.50 bits per heavy atom. The van der Waals surface area contributed by atoms with Crippen molar-refractivity contribution in [2.45, 2.75) is 18.7 Å². The van der Waals surface area contributed by atoms with E-state index in [2.05, 4.69) is 0 Å². The Morgan fingerprint density at radius 2 is 2.05 bits per heavy atom. The third kappa shape index (κ3) is 3.49. The fourth-order valence-electron chi connectivity index (χ4n) is 1.64. The minimum absolute atomic E-state index is 0.0217. The lowest BCUT2D eigenvalue weighted by atomic mass is 10.2. The van der Waals surface area contributed by atoms with Crippen LogP contribution in [-0.2, 0) is 10.0 Å². The Hall–Kier alpha value is -1.60. The maximum absolute atomic E-state index is 12.4. The van der Waals surface area contributed by atoms with E-state index in [0.717, 1.165) is 0 Å². The van der Waals surface area contributed by atoms with E-state index in [-0.39, 0.29) is 28.6 Å². The lowest BCUT2D eigenvalue weighted by molar-refractivity contribution is 0.400. The molecule has 5 nitrogen and oxygen atoms in total. The molecule has 0 aromatic heterocycles. The molecule has 1 unspecified atom stereocenters. The van der Waals surface area contributed by atoms with Gasteiger partial charge in [-0.25, -0.2) is 8.42 Å². The number of benzene rings is 1. The molecule has 1 aromatic rings. The number of halogens is 1. The average Bonchev–Trinajstić information content (AvgIpc) is 2.43.